The standard InChI is InChI=1S/C32H33FN8O2/c1-6-29(42)41-20-7-8-21(41)17-40(16-20)28-14-11-24(34-3)31(38-28)32(35-4)37-23-10-13-27(19(2)30(23)33)43-22-9-12-26-25(15-22)36-18-39(26)5/h6,9-15,18,20-21H,1,3,7-8,16-17H2,2,4-5H3,(H,35,37). The summed E-state index contributed by atoms with van der Waals surface area (Å²) in [5.41, 5.74) is 3.30. The molecule has 0 aliphatic carbocycles. The lowest BCUT2D eigenvalue weighted by Gasteiger charge is -2.41. The third-order valence-corrected chi connectivity index (χ3v) is 8.23. The van der Waals surface area contributed by atoms with Gasteiger partial charge in [0, 0.05) is 50.9 Å². The van der Waals surface area contributed by atoms with E-state index in [1.54, 1.807) is 32.4 Å². The zero-order chi connectivity index (χ0) is 30.2. The highest BCUT2D eigenvalue weighted by atomic mass is 19.1. The number of amidine groups is 1. The van der Waals surface area contributed by atoms with Crippen LogP contribution in [-0.4, -0.2) is 70.1 Å². The van der Waals surface area contributed by atoms with Crippen molar-refractivity contribution in [3.63, 3.8) is 0 Å². The van der Waals surface area contributed by atoms with E-state index in [1.807, 2.05) is 46.8 Å². The van der Waals surface area contributed by atoms with Gasteiger partial charge in [0.25, 0.3) is 0 Å². The molecule has 2 bridgehead atoms. The number of imidazole rings is 1. The summed E-state index contributed by atoms with van der Waals surface area (Å²) in [6.45, 7) is 10.4. The molecule has 4 heterocycles. The van der Waals surface area contributed by atoms with Crippen molar-refractivity contribution < 1.29 is 13.9 Å². The molecule has 2 saturated heterocycles. The number of aryl methyl sites for hydroxylation is 1. The first-order chi connectivity index (χ1) is 20.8. The number of amides is 1. The minimum absolute atomic E-state index is 0.0281. The minimum Gasteiger partial charge on any atom is -0.457 e. The van der Waals surface area contributed by atoms with E-state index < -0.39 is 5.82 Å². The Balaban J connectivity index is 1.23. The molecular weight excluding hydrogens is 547 g/mol. The van der Waals surface area contributed by atoms with Gasteiger partial charge < -0.3 is 24.4 Å². The fraction of sp³-hybridized carbons (Fsp3) is 0.281. The first-order valence-corrected chi connectivity index (χ1v) is 14.1. The van der Waals surface area contributed by atoms with Crippen molar-refractivity contribution >= 4 is 46.7 Å². The molecule has 2 atom stereocenters. The Morgan fingerprint density at radius 2 is 1.93 bits per heavy atom. The minimum atomic E-state index is -0.471. The number of hydrogen-bond donors (Lipinski definition) is 1. The van der Waals surface area contributed by atoms with Crippen molar-refractivity contribution in [1.82, 2.24) is 19.4 Å². The van der Waals surface area contributed by atoms with E-state index >= 15 is 4.39 Å². The number of nitrogens with zero attached hydrogens (tertiary/aromatic N) is 7. The summed E-state index contributed by atoms with van der Waals surface area (Å²) in [7, 11) is 3.53. The first kappa shape index (κ1) is 28.1. The normalized spacial score (nSPS) is 18.2. The van der Waals surface area contributed by atoms with Crippen molar-refractivity contribution in [1.29, 1.82) is 0 Å². The molecule has 10 nitrogen and oxygen atoms in total. The van der Waals surface area contributed by atoms with E-state index in [1.165, 1.54) is 6.08 Å². The van der Waals surface area contributed by atoms with Crippen LogP contribution in [0.1, 0.15) is 24.1 Å². The van der Waals surface area contributed by atoms with E-state index in [2.05, 4.69) is 38.5 Å². The number of pyridine rings is 1. The molecule has 1 amide bonds. The number of fused-ring (bicyclic) bond motifs is 3. The molecule has 0 saturated carbocycles. The average Bonchev–Trinajstić information content (AvgIpc) is 3.52. The molecular formula is C32H33FN8O2. The molecule has 2 fully saturated rings. The molecule has 2 aliphatic rings. The maximum Gasteiger partial charge on any atom is 0.246 e. The average molecular weight is 581 g/mol. The van der Waals surface area contributed by atoms with Crippen LogP contribution in [0.5, 0.6) is 11.5 Å². The smallest absolute Gasteiger partial charge is 0.246 e. The highest BCUT2D eigenvalue weighted by Gasteiger charge is 2.42. The largest absolute Gasteiger partial charge is 0.457 e. The number of halogens is 1. The highest BCUT2D eigenvalue weighted by molar-refractivity contribution is 6.10. The van der Waals surface area contributed by atoms with Gasteiger partial charge in [-0.1, -0.05) is 6.58 Å². The molecule has 2 aliphatic heterocycles. The van der Waals surface area contributed by atoms with Crippen molar-refractivity contribution in [3.05, 3.63) is 78.5 Å². The maximum absolute atomic E-state index is 15.7. The fourth-order valence-electron chi connectivity index (χ4n) is 6.00. The van der Waals surface area contributed by atoms with Crippen LogP contribution in [0.4, 0.5) is 21.6 Å². The lowest BCUT2D eigenvalue weighted by Crippen LogP contribution is -2.55. The quantitative estimate of drug-likeness (QED) is 0.179. The first-order valence-electron chi connectivity index (χ1n) is 14.1. The number of benzene rings is 2. The monoisotopic (exact) mass is 580 g/mol. The second-order valence-corrected chi connectivity index (χ2v) is 10.8. The predicted molar refractivity (Wildman–Crippen MR) is 168 cm³/mol. The number of anilines is 2. The molecule has 2 unspecified atom stereocenters. The Labute approximate surface area is 249 Å². The van der Waals surface area contributed by atoms with Gasteiger partial charge in [0.1, 0.15) is 23.0 Å². The van der Waals surface area contributed by atoms with Gasteiger partial charge >= 0.3 is 0 Å². The Morgan fingerprint density at radius 1 is 1.16 bits per heavy atom. The second kappa shape index (κ2) is 11.3. The molecule has 11 heteroatoms. The second-order valence-electron chi connectivity index (χ2n) is 10.8. The molecule has 4 aromatic rings. The van der Waals surface area contributed by atoms with Gasteiger partial charge in [-0.25, -0.2) is 14.4 Å². The van der Waals surface area contributed by atoms with Crippen LogP contribution >= 0.6 is 0 Å². The summed E-state index contributed by atoms with van der Waals surface area (Å²) in [6.07, 6.45) is 5.01. The number of nitrogens with one attached hydrogen (secondary N) is 1. The van der Waals surface area contributed by atoms with Gasteiger partial charge in [-0.2, -0.15) is 0 Å². The Kier molecular flexibility index (Phi) is 7.39. The van der Waals surface area contributed by atoms with Crippen LogP contribution in [-0.2, 0) is 11.8 Å². The number of rotatable bonds is 7. The zero-order valence-electron chi connectivity index (χ0n) is 24.4. The molecule has 2 aromatic heterocycles. The lowest BCUT2D eigenvalue weighted by molar-refractivity contribution is -0.129. The third-order valence-electron chi connectivity index (χ3n) is 8.23. The number of hydrogen-bond acceptors (Lipinski definition) is 7. The van der Waals surface area contributed by atoms with Gasteiger partial charge in [0.15, 0.2) is 11.7 Å². The number of carbonyl (C=O) groups is 1. The lowest BCUT2D eigenvalue weighted by atomic mass is 10.1. The molecule has 6 rings (SSSR count). The van der Waals surface area contributed by atoms with Gasteiger partial charge in [-0.15, -0.1) is 0 Å². The maximum atomic E-state index is 15.7. The fourth-order valence-corrected chi connectivity index (χ4v) is 6.00. The van der Waals surface area contributed by atoms with Gasteiger partial charge in [0.05, 0.1) is 28.7 Å². The summed E-state index contributed by atoms with van der Waals surface area (Å²) in [5.74, 6) is 1.54. The van der Waals surface area contributed by atoms with Crippen LogP contribution < -0.4 is 15.0 Å². The van der Waals surface area contributed by atoms with Crippen molar-refractivity contribution in [2.75, 3.05) is 30.4 Å². The number of ether oxygens (including phenoxy) is 1. The molecule has 2 aromatic carbocycles. The number of piperazine rings is 1. The third kappa shape index (κ3) is 5.11. The van der Waals surface area contributed by atoms with Gasteiger partial charge in [-0.05, 0) is 69.0 Å². The topological polar surface area (TPSA) is 100 Å². The van der Waals surface area contributed by atoms with Crippen molar-refractivity contribution in [3.8, 4) is 11.5 Å². The van der Waals surface area contributed by atoms with E-state index in [-0.39, 0.29) is 23.7 Å². The molecule has 1 N–H and O–H groups in total. The number of carbonyl (C=O) groups excluding carboxylic acids is 1. The molecule has 0 spiro atoms. The molecule has 0 radical (unpaired) electrons. The molecule has 220 valence electrons. The van der Waals surface area contributed by atoms with Crippen LogP contribution in [0.3, 0.4) is 0 Å². The van der Waals surface area contributed by atoms with Crippen molar-refractivity contribution in [2.45, 2.75) is 31.8 Å². The van der Waals surface area contributed by atoms with Crippen LogP contribution in [0.15, 0.2) is 71.4 Å². The molecule has 43 heavy (non-hydrogen) atoms. The summed E-state index contributed by atoms with van der Waals surface area (Å²) in [4.78, 5) is 34.3. The van der Waals surface area contributed by atoms with Gasteiger partial charge in [0.2, 0.25) is 5.91 Å². The Bertz CT molecular complexity index is 1770. The SMILES string of the molecule is C=CC(=O)N1C2CCC1CN(c1ccc(N=C)c(/C(=N\C)Nc3ccc(Oc4ccc5c(c4)ncn5C)c(C)c3F)n1)C2. The van der Waals surface area contributed by atoms with Crippen LogP contribution in [0, 0.1) is 12.7 Å². The zero-order valence-corrected chi connectivity index (χ0v) is 24.4. The van der Waals surface area contributed by atoms with Crippen LogP contribution in [0.25, 0.3) is 11.0 Å². The Morgan fingerprint density at radius 3 is 2.63 bits per heavy atom. The number of aliphatic imine (C=N–C) groups is 2. The summed E-state index contributed by atoms with van der Waals surface area (Å²) in [6, 6.07) is 12.8. The highest BCUT2D eigenvalue weighted by Crippen LogP contribution is 2.35. The van der Waals surface area contributed by atoms with E-state index in [0.29, 0.717) is 47.4 Å². The Hall–Kier alpha value is -5.06. The van der Waals surface area contributed by atoms with E-state index in [9.17, 15) is 4.79 Å². The van der Waals surface area contributed by atoms with E-state index in [0.717, 1.165) is 29.7 Å². The van der Waals surface area contributed by atoms with Gasteiger partial charge in [-0.3, -0.25) is 14.8 Å². The van der Waals surface area contributed by atoms with Crippen LogP contribution in [0.2, 0.25) is 0 Å². The predicted octanol–water partition coefficient (Wildman–Crippen LogP) is 5.39. The van der Waals surface area contributed by atoms with E-state index in [4.69, 9.17) is 9.72 Å². The summed E-state index contributed by atoms with van der Waals surface area (Å²) in [5, 5.41) is 3.11. The summed E-state index contributed by atoms with van der Waals surface area (Å²) >= 11 is 0. The summed E-state index contributed by atoms with van der Waals surface area (Å²) < 4.78 is 23.6. The van der Waals surface area contributed by atoms with Crippen molar-refractivity contribution in [2.24, 2.45) is 17.0 Å². The number of aromatic nitrogens is 3.